The predicted octanol–water partition coefficient (Wildman–Crippen LogP) is 2.10. The third-order valence-corrected chi connectivity index (χ3v) is 2.34. The molecule has 0 aliphatic heterocycles. The van der Waals surface area contributed by atoms with Gasteiger partial charge < -0.3 is 10.6 Å². The molecule has 2 N–H and O–H groups in total. The molecule has 18 heavy (non-hydrogen) atoms. The van der Waals surface area contributed by atoms with Gasteiger partial charge >= 0.3 is 0 Å². The number of carbonyl (C=O) groups is 2. The third-order valence-electron chi connectivity index (χ3n) is 2.34. The van der Waals surface area contributed by atoms with Crippen molar-refractivity contribution in [2.24, 2.45) is 5.92 Å². The number of amides is 2. The van der Waals surface area contributed by atoms with Crippen LogP contribution in [0.15, 0.2) is 24.3 Å². The maximum Gasteiger partial charge on any atom is 0.243 e. The molecule has 1 aromatic carbocycles. The van der Waals surface area contributed by atoms with Crippen LogP contribution in [-0.2, 0) is 9.59 Å². The highest BCUT2D eigenvalue weighted by Gasteiger charge is 2.07. The summed E-state index contributed by atoms with van der Waals surface area (Å²) in [5.41, 5.74) is 1.83. The SMILES string of the molecule is Cc1cccc(NC(=O)CNC(=O)CC(C)C)c1. The highest BCUT2D eigenvalue weighted by atomic mass is 16.2. The van der Waals surface area contributed by atoms with Crippen molar-refractivity contribution in [3.63, 3.8) is 0 Å². The van der Waals surface area contributed by atoms with Crippen LogP contribution in [0.2, 0.25) is 0 Å². The van der Waals surface area contributed by atoms with E-state index in [-0.39, 0.29) is 18.4 Å². The summed E-state index contributed by atoms with van der Waals surface area (Å²) in [6, 6.07) is 7.54. The summed E-state index contributed by atoms with van der Waals surface area (Å²) in [6.45, 7) is 5.90. The summed E-state index contributed by atoms with van der Waals surface area (Å²) in [5, 5.41) is 5.34. The lowest BCUT2D eigenvalue weighted by molar-refractivity contribution is -0.124. The molecule has 0 unspecified atom stereocenters. The Balaban J connectivity index is 2.36. The number of hydrogen-bond donors (Lipinski definition) is 2. The first-order chi connectivity index (χ1) is 8.47. The van der Waals surface area contributed by atoms with E-state index in [4.69, 9.17) is 0 Å². The monoisotopic (exact) mass is 248 g/mol. The fraction of sp³-hybridized carbons (Fsp3) is 0.429. The largest absolute Gasteiger partial charge is 0.347 e. The Hall–Kier alpha value is -1.84. The number of aryl methyl sites for hydroxylation is 1. The first-order valence-electron chi connectivity index (χ1n) is 6.10. The van der Waals surface area contributed by atoms with E-state index in [1.165, 1.54) is 0 Å². The molecule has 1 aromatic rings. The van der Waals surface area contributed by atoms with Gasteiger partial charge in [0.25, 0.3) is 0 Å². The molecule has 4 heteroatoms. The normalized spacial score (nSPS) is 10.2. The number of benzene rings is 1. The van der Waals surface area contributed by atoms with Gasteiger partial charge in [0.1, 0.15) is 0 Å². The van der Waals surface area contributed by atoms with Crippen molar-refractivity contribution in [3.8, 4) is 0 Å². The molecule has 4 nitrogen and oxygen atoms in total. The molecule has 0 aromatic heterocycles. The van der Waals surface area contributed by atoms with Crippen molar-refractivity contribution < 1.29 is 9.59 Å². The Morgan fingerprint density at radius 1 is 1.22 bits per heavy atom. The number of carbonyl (C=O) groups excluding carboxylic acids is 2. The van der Waals surface area contributed by atoms with Crippen molar-refractivity contribution >= 4 is 17.5 Å². The Labute approximate surface area is 108 Å². The summed E-state index contributed by atoms with van der Waals surface area (Å²) in [4.78, 5) is 23.0. The van der Waals surface area contributed by atoms with E-state index in [0.29, 0.717) is 12.3 Å². The van der Waals surface area contributed by atoms with Gasteiger partial charge in [-0.05, 0) is 30.5 Å². The molecule has 0 aliphatic carbocycles. The number of hydrogen-bond acceptors (Lipinski definition) is 2. The molecule has 0 saturated carbocycles. The zero-order valence-electron chi connectivity index (χ0n) is 11.1. The van der Waals surface area contributed by atoms with Crippen LogP contribution in [0.25, 0.3) is 0 Å². The zero-order chi connectivity index (χ0) is 13.5. The number of rotatable bonds is 5. The number of anilines is 1. The average molecular weight is 248 g/mol. The topological polar surface area (TPSA) is 58.2 Å². The van der Waals surface area contributed by atoms with E-state index in [1.807, 2.05) is 45.0 Å². The Kier molecular flexibility index (Phi) is 5.36. The number of nitrogens with one attached hydrogen (secondary N) is 2. The fourth-order valence-electron chi connectivity index (χ4n) is 1.55. The van der Waals surface area contributed by atoms with E-state index < -0.39 is 0 Å². The van der Waals surface area contributed by atoms with Crippen LogP contribution in [0.5, 0.6) is 0 Å². The molecule has 0 heterocycles. The second kappa shape index (κ2) is 6.79. The van der Waals surface area contributed by atoms with Gasteiger partial charge in [0.2, 0.25) is 11.8 Å². The Morgan fingerprint density at radius 2 is 1.94 bits per heavy atom. The average Bonchev–Trinajstić information content (AvgIpc) is 2.25. The molecule has 0 spiro atoms. The van der Waals surface area contributed by atoms with Crippen molar-refractivity contribution in [3.05, 3.63) is 29.8 Å². The molecular formula is C14H20N2O2. The molecule has 98 valence electrons. The smallest absolute Gasteiger partial charge is 0.243 e. The lowest BCUT2D eigenvalue weighted by atomic mass is 10.1. The molecule has 2 amide bonds. The first-order valence-corrected chi connectivity index (χ1v) is 6.10. The van der Waals surface area contributed by atoms with Gasteiger partial charge in [-0.25, -0.2) is 0 Å². The summed E-state index contributed by atoms with van der Waals surface area (Å²) < 4.78 is 0. The summed E-state index contributed by atoms with van der Waals surface area (Å²) in [7, 11) is 0. The Bertz CT molecular complexity index is 428. The lowest BCUT2D eigenvalue weighted by Crippen LogP contribution is -2.33. The highest BCUT2D eigenvalue weighted by Crippen LogP contribution is 2.08. The zero-order valence-corrected chi connectivity index (χ0v) is 11.1. The van der Waals surface area contributed by atoms with Gasteiger partial charge in [0.15, 0.2) is 0 Å². The summed E-state index contributed by atoms with van der Waals surface area (Å²) in [6.07, 6.45) is 0.442. The van der Waals surface area contributed by atoms with Crippen LogP contribution in [0, 0.1) is 12.8 Å². The van der Waals surface area contributed by atoms with Crippen LogP contribution in [0.1, 0.15) is 25.8 Å². The van der Waals surface area contributed by atoms with Crippen molar-refractivity contribution in [1.29, 1.82) is 0 Å². The highest BCUT2D eigenvalue weighted by molar-refractivity contribution is 5.94. The van der Waals surface area contributed by atoms with E-state index in [2.05, 4.69) is 10.6 Å². The van der Waals surface area contributed by atoms with Crippen molar-refractivity contribution in [1.82, 2.24) is 5.32 Å². The summed E-state index contributed by atoms with van der Waals surface area (Å²) in [5.74, 6) is -0.00747. The fourth-order valence-corrected chi connectivity index (χ4v) is 1.55. The van der Waals surface area contributed by atoms with Gasteiger partial charge in [-0.15, -0.1) is 0 Å². The molecule has 0 fully saturated rings. The van der Waals surface area contributed by atoms with Gasteiger partial charge in [-0.2, -0.15) is 0 Å². The van der Waals surface area contributed by atoms with Gasteiger partial charge in [-0.1, -0.05) is 26.0 Å². The molecule has 0 bridgehead atoms. The second-order valence-electron chi connectivity index (χ2n) is 4.79. The maximum atomic E-state index is 11.6. The minimum atomic E-state index is -0.210. The maximum absolute atomic E-state index is 11.6. The molecule has 0 radical (unpaired) electrons. The predicted molar refractivity (Wildman–Crippen MR) is 72.3 cm³/mol. The summed E-state index contributed by atoms with van der Waals surface area (Å²) >= 11 is 0. The van der Waals surface area contributed by atoms with Gasteiger partial charge in [0.05, 0.1) is 6.54 Å². The molecular weight excluding hydrogens is 228 g/mol. The quantitative estimate of drug-likeness (QED) is 0.838. The minimum absolute atomic E-state index is 0.0134. The van der Waals surface area contributed by atoms with Crippen LogP contribution >= 0.6 is 0 Å². The molecule has 1 rings (SSSR count). The standard InChI is InChI=1S/C14H20N2O2/c1-10(2)7-13(17)15-9-14(18)16-12-6-4-5-11(3)8-12/h4-6,8,10H,7,9H2,1-3H3,(H,15,17)(H,16,18). The van der Waals surface area contributed by atoms with Crippen molar-refractivity contribution in [2.45, 2.75) is 27.2 Å². The van der Waals surface area contributed by atoms with Gasteiger partial charge in [0, 0.05) is 12.1 Å². The van der Waals surface area contributed by atoms with Crippen LogP contribution < -0.4 is 10.6 Å². The van der Waals surface area contributed by atoms with Gasteiger partial charge in [-0.3, -0.25) is 9.59 Å². The third kappa shape index (κ3) is 5.48. The second-order valence-corrected chi connectivity index (χ2v) is 4.79. The first kappa shape index (κ1) is 14.2. The van der Waals surface area contributed by atoms with Crippen LogP contribution in [-0.4, -0.2) is 18.4 Å². The van der Waals surface area contributed by atoms with Crippen LogP contribution in [0.4, 0.5) is 5.69 Å². The van der Waals surface area contributed by atoms with E-state index >= 15 is 0 Å². The van der Waals surface area contributed by atoms with E-state index in [0.717, 1.165) is 11.3 Å². The lowest BCUT2D eigenvalue weighted by Gasteiger charge is -2.08. The molecule has 0 atom stereocenters. The molecule has 0 saturated heterocycles. The van der Waals surface area contributed by atoms with E-state index in [9.17, 15) is 9.59 Å². The molecule has 0 aliphatic rings. The van der Waals surface area contributed by atoms with E-state index in [1.54, 1.807) is 0 Å². The van der Waals surface area contributed by atoms with Crippen LogP contribution in [0.3, 0.4) is 0 Å². The minimum Gasteiger partial charge on any atom is -0.347 e. The van der Waals surface area contributed by atoms with Crippen molar-refractivity contribution in [2.75, 3.05) is 11.9 Å². The Morgan fingerprint density at radius 3 is 2.56 bits per heavy atom.